The van der Waals surface area contributed by atoms with E-state index >= 15 is 0 Å². The van der Waals surface area contributed by atoms with Crippen LogP contribution in [0.25, 0.3) is 5.57 Å². The van der Waals surface area contributed by atoms with E-state index < -0.39 is 28.1 Å². The minimum absolute atomic E-state index is 0.0838. The SMILES string of the molecule is CN(CC(=O)O)S(=O)(=O)c1cccc(N/C=C2\C(=O)Nc3cccc(N4CCN(C(=O)OC(C)(C)C)CC4)c32)c1. The molecular formula is C27H33N5O7S. The molecule has 0 atom stereocenters. The van der Waals surface area contributed by atoms with Crippen LogP contribution in [0.2, 0.25) is 0 Å². The summed E-state index contributed by atoms with van der Waals surface area (Å²) in [5, 5.41) is 14.8. The Balaban J connectivity index is 1.54. The van der Waals surface area contributed by atoms with E-state index in [0.29, 0.717) is 48.7 Å². The first-order chi connectivity index (χ1) is 18.8. The minimum Gasteiger partial charge on any atom is -0.480 e. The van der Waals surface area contributed by atoms with Gasteiger partial charge in [-0.2, -0.15) is 4.31 Å². The Morgan fingerprint density at radius 2 is 1.80 bits per heavy atom. The molecule has 214 valence electrons. The summed E-state index contributed by atoms with van der Waals surface area (Å²) in [4.78, 5) is 40.1. The highest BCUT2D eigenvalue weighted by Crippen LogP contribution is 2.39. The van der Waals surface area contributed by atoms with Gasteiger partial charge in [0.2, 0.25) is 10.0 Å². The number of carbonyl (C=O) groups excluding carboxylic acids is 2. The third-order valence-corrected chi connectivity index (χ3v) is 8.16. The van der Waals surface area contributed by atoms with Gasteiger partial charge in [0.1, 0.15) is 12.1 Å². The maximum Gasteiger partial charge on any atom is 0.410 e. The van der Waals surface area contributed by atoms with Crippen molar-refractivity contribution in [2.45, 2.75) is 31.3 Å². The van der Waals surface area contributed by atoms with E-state index in [4.69, 9.17) is 9.84 Å². The number of hydrogen-bond acceptors (Lipinski definition) is 8. The van der Waals surface area contributed by atoms with E-state index in [-0.39, 0.29) is 16.9 Å². The Morgan fingerprint density at radius 3 is 2.45 bits per heavy atom. The zero-order chi connectivity index (χ0) is 29.2. The number of rotatable bonds is 7. The molecule has 40 heavy (non-hydrogen) atoms. The van der Waals surface area contributed by atoms with Gasteiger partial charge in [0.05, 0.1) is 16.2 Å². The summed E-state index contributed by atoms with van der Waals surface area (Å²) >= 11 is 0. The summed E-state index contributed by atoms with van der Waals surface area (Å²) < 4.78 is 31.8. The summed E-state index contributed by atoms with van der Waals surface area (Å²) in [6.45, 7) is 6.84. The topological polar surface area (TPSA) is 149 Å². The summed E-state index contributed by atoms with van der Waals surface area (Å²) in [5.41, 5.74) is 2.39. The fraction of sp³-hybridized carbons (Fsp3) is 0.370. The van der Waals surface area contributed by atoms with Crippen molar-refractivity contribution in [2.24, 2.45) is 0 Å². The summed E-state index contributed by atoms with van der Waals surface area (Å²) in [6.07, 6.45) is 1.17. The van der Waals surface area contributed by atoms with Gasteiger partial charge in [-0.1, -0.05) is 12.1 Å². The average molecular weight is 572 g/mol. The third-order valence-electron chi connectivity index (χ3n) is 6.36. The first kappa shape index (κ1) is 28.9. The lowest BCUT2D eigenvalue weighted by molar-refractivity contribution is -0.137. The molecule has 2 heterocycles. The van der Waals surface area contributed by atoms with Gasteiger partial charge in [0.25, 0.3) is 5.91 Å². The van der Waals surface area contributed by atoms with Crippen LogP contribution in [-0.2, 0) is 24.3 Å². The lowest BCUT2D eigenvalue weighted by Crippen LogP contribution is -2.50. The van der Waals surface area contributed by atoms with Crippen molar-refractivity contribution in [1.29, 1.82) is 0 Å². The minimum atomic E-state index is -4.03. The predicted octanol–water partition coefficient (Wildman–Crippen LogP) is 2.85. The average Bonchev–Trinajstić information content (AvgIpc) is 3.21. The third kappa shape index (κ3) is 6.37. The molecule has 0 aliphatic carbocycles. The molecule has 0 radical (unpaired) electrons. The number of amides is 2. The number of anilines is 3. The van der Waals surface area contributed by atoms with E-state index in [1.165, 1.54) is 31.4 Å². The lowest BCUT2D eigenvalue weighted by atomic mass is 10.0. The van der Waals surface area contributed by atoms with Crippen LogP contribution >= 0.6 is 0 Å². The van der Waals surface area contributed by atoms with E-state index in [0.717, 1.165) is 9.99 Å². The van der Waals surface area contributed by atoms with Gasteiger partial charge in [-0.3, -0.25) is 9.59 Å². The Labute approximate surface area is 233 Å². The van der Waals surface area contributed by atoms with Crippen molar-refractivity contribution in [2.75, 3.05) is 55.3 Å². The molecule has 0 saturated carbocycles. The maximum atomic E-state index is 12.9. The highest BCUT2D eigenvalue weighted by Gasteiger charge is 2.32. The zero-order valence-corrected chi connectivity index (χ0v) is 23.6. The van der Waals surface area contributed by atoms with Crippen molar-refractivity contribution < 1.29 is 32.6 Å². The molecule has 2 aliphatic heterocycles. The summed E-state index contributed by atoms with van der Waals surface area (Å²) in [7, 11) is -2.83. The molecule has 3 N–H and O–H groups in total. The molecule has 2 amide bonds. The van der Waals surface area contributed by atoms with E-state index in [9.17, 15) is 22.8 Å². The number of piperazine rings is 1. The number of nitrogens with one attached hydrogen (secondary N) is 2. The number of sulfonamides is 1. The fourth-order valence-electron chi connectivity index (χ4n) is 4.45. The Morgan fingerprint density at radius 1 is 1.12 bits per heavy atom. The van der Waals surface area contributed by atoms with Gasteiger partial charge in [-0.25, -0.2) is 13.2 Å². The molecule has 4 rings (SSSR count). The van der Waals surface area contributed by atoms with Gasteiger partial charge in [0, 0.05) is 56.4 Å². The second kappa shape index (κ2) is 11.2. The Hall–Kier alpha value is -4.10. The van der Waals surface area contributed by atoms with Gasteiger partial charge in [-0.05, 0) is 51.1 Å². The van der Waals surface area contributed by atoms with E-state index in [1.54, 1.807) is 17.0 Å². The smallest absolute Gasteiger partial charge is 0.410 e. The molecule has 0 aromatic heterocycles. The van der Waals surface area contributed by atoms with Crippen LogP contribution in [0.5, 0.6) is 0 Å². The van der Waals surface area contributed by atoms with Crippen molar-refractivity contribution in [3.63, 3.8) is 0 Å². The summed E-state index contributed by atoms with van der Waals surface area (Å²) in [5.74, 6) is -1.58. The van der Waals surface area contributed by atoms with Crippen LogP contribution in [-0.4, -0.2) is 86.1 Å². The Bertz CT molecular complexity index is 1460. The molecule has 1 fully saturated rings. The number of carboxylic acid groups (broad SMARTS) is 1. The predicted molar refractivity (Wildman–Crippen MR) is 151 cm³/mol. The number of likely N-dealkylation sites (N-methyl/N-ethyl adjacent to an activating group) is 1. The number of carbonyl (C=O) groups is 3. The normalized spacial score (nSPS) is 16.6. The standard InChI is InChI=1S/C27H33N5O7S/c1-27(2,3)39-26(36)32-13-11-31(12-14-32)22-10-6-9-21-24(22)20(25(35)29-21)16-28-18-7-5-8-19(15-18)40(37,38)30(4)17-23(33)34/h5-10,15-16,28H,11-14,17H2,1-4H3,(H,29,35)(H,33,34)/b20-16-. The molecule has 2 aromatic carbocycles. The van der Waals surface area contributed by atoms with Crippen LogP contribution in [0.15, 0.2) is 53.6 Å². The number of ether oxygens (including phenoxy) is 1. The Kier molecular flexibility index (Phi) is 8.08. The molecule has 2 aliphatic rings. The maximum absolute atomic E-state index is 12.9. The molecule has 0 bridgehead atoms. The second-order valence-corrected chi connectivity index (χ2v) is 12.5. The van der Waals surface area contributed by atoms with Gasteiger partial charge in [0.15, 0.2) is 0 Å². The van der Waals surface area contributed by atoms with Gasteiger partial charge in [-0.15, -0.1) is 0 Å². The summed E-state index contributed by atoms with van der Waals surface area (Å²) in [6, 6.07) is 11.5. The first-order valence-corrected chi connectivity index (χ1v) is 14.1. The van der Waals surface area contributed by atoms with Crippen molar-refractivity contribution in [1.82, 2.24) is 9.21 Å². The number of fused-ring (bicyclic) bond motifs is 1. The number of benzene rings is 2. The molecule has 0 unspecified atom stereocenters. The zero-order valence-electron chi connectivity index (χ0n) is 22.8. The largest absolute Gasteiger partial charge is 0.480 e. The monoisotopic (exact) mass is 571 g/mol. The van der Waals surface area contributed by atoms with Crippen LogP contribution in [0.3, 0.4) is 0 Å². The lowest BCUT2D eigenvalue weighted by Gasteiger charge is -2.37. The molecule has 13 heteroatoms. The quantitative estimate of drug-likeness (QED) is 0.427. The molecule has 12 nitrogen and oxygen atoms in total. The first-order valence-electron chi connectivity index (χ1n) is 12.7. The fourth-order valence-corrected chi connectivity index (χ4v) is 5.61. The van der Waals surface area contributed by atoms with Crippen molar-refractivity contribution >= 4 is 50.6 Å². The van der Waals surface area contributed by atoms with Crippen LogP contribution in [0.1, 0.15) is 26.3 Å². The van der Waals surface area contributed by atoms with Gasteiger partial charge < -0.3 is 30.3 Å². The van der Waals surface area contributed by atoms with Crippen LogP contribution in [0, 0.1) is 0 Å². The molecule has 2 aromatic rings. The van der Waals surface area contributed by atoms with Crippen molar-refractivity contribution in [3.8, 4) is 0 Å². The van der Waals surface area contributed by atoms with Crippen molar-refractivity contribution in [3.05, 3.63) is 54.2 Å². The number of carboxylic acids is 1. The number of aliphatic carboxylic acids is 1. The highest BCUT2D eigenvalue weighted by atomic mass is 32.2. The van der Waals surface area contributed by atoms with Crippen LogP contribution in [0.4, 0.5) is 21.9 Å². The molecule has 0 spiro atoms. The second-order valence-electron chi connectivity index (χ2n) is 10.5. The highest BCUT2D eigenvalue weighted by molar-refractivity contribution is 7.89. The molecule has 1 saturated heterocycles. The number of nitrogens with zero attached hydrogens (tertiary/aromatic N) is 3. The molecular weight excluding hydrogens is 538 g/mol. The van der Waals surface area contributed by atoms with Crippen LogP contribution < -0.4 is 15.5 Å². The van der Waals surface area contributed by atoms with Gasteiger partial charge >= 0.3 is 12.1 Å². The van der Waals surface area contributed by atoms with E-state index in [1.807, 2.05) is 32.9 Å². The van der Waals surface area contributed by atoms with E-state index in [2.05, 4.69) is 15.5 Å². The number of hydrogen-bond donors (Lipinski definition) is 3.